The molecule has 6 aromatic rings. The third-order valence-corrected chi connectivity index (χ3v) is 8.17. The van der Waals surface area contributed by atoms with Crippen LogP contribution >= 0.6 is 11.3 Å². The van der Waals surface area contributed by atoms with Gasteiger partial charge in [0.05, 0.1) is 40.0 Å². The Morgan fingerprint density at radius 2 is 1.93 bits per heavy atom. The Kier molecular flexibility index (Phi) is 7.02. The van der Waals surface area contributed by atoms with Crippen LogP contribution in [0, 0.1) is 18.6 Å². The maximum absolute atomic E-state index is 15.9. The van der Waals surface area contributed by atoms with Gasteiger partial charge in [-0.25, -0.2) is 13.8 Å². The zero-order chi connectivity index (χ0) is 28.8. The number of nitrogens with zero attached hydrogens (tertiary/aromatic N) is 4. The predicted octanol–water partition coefficient (Wildman–Crippen LogP) is 6.54. The van der Waals surface area contributed by atoms with Crippen LogP contribution in [0.5, 0.6) is 5.75 Å². The molecular formula is C30H28F2N6O2S. The molecule has 0 radical (unpaired) electrons. The van der Waals surface area contributed by atoms with Crippen molar-refractivity contribution in [1.29, 1.82) is 0 Å². The van der Waals surface area contributed by atoms with Gasteiger partial charge in [0, 0.05) is 54.2 Å². The van der Waals surface area contributed by atoms with Crippen LogP contribution in [-0.2, 0) is 11.8 Å². The van der Waals surface area contributed by atoms with Gasteiger partial charge in [0.1, 0.15) is 35.4 Å². The number of pyridine rings is 1. The number of rotatable bonds is 8. The molecule has 0 saturated carbocycles. The predicted molar refractivity (Wildman–Crippen MR) is 157 cm³/mol. The number of hydrogen-bond donors (Lipinski definition) is 2. The van der Waals surface area contributed by atoms with Crippen molar-refractivity contribution in [2.45, 2.75) is 19.9 Å². The molecule has 0 amide bonds. The van der Waals surface area contributed by atoms with Crippen LogP contribution in [0.25, 0.3) is 54.8 Å². The molecule has 0 spiro atoms. The van der Waals surface area contributed by atoms with Crippen molar-refractivity contribution in [3.8, 4) is 39.5 Å². The molecule has 6 rings (SSSR count). The largest absolute Gasteiger partial charge is 0.490 e. The number of fused-ring (bicyclic) bond motifs is 2. The Hall–Kier alpha value is -4.19. The number of aromatic amines is 1. The first-order valence-electron chi connectivity index (χ1n) is 13.0. The van der Waals surface area contributed by atoms with E-state index in [2.05, 4.69) is 15.3 Å². The molecular weight excluding hydrogens is 546 g/mol. The van der Waals surface area contributed by atoms with Crippen LogP contribution in [0.3, 0.4) is 0 Å². The monoisotopic (exact) mass is 574 g/mol. The second-order valence-electron chi connectivity index (χ2n) is 9.95. The maximum atomic E-state index is 15.9. The smallest absolute Gasteiger partial charge is 0.137 e. The van der Waals surface area contributed by atoms with E-state index in [0.717, 1.165) is 43.9 Å². The molecule has 3 N–H and O–H groups in total. The first-order valence-corrected chi connectivity index (χ1v) is 13.9. The van der Waals surface area contributed by atoms with E-state index in [1.165, 1.54) is 24.5 Å². The molecule has 0 unspecified atom stereocenters. The second kappa shape index (κ2) is 10.7. The fourth-order valence-electron chi connectivity index (χ4n) is 5.03. The highest BCUT2D eigenvalue weighted by molar-refractivity contribution is 7.18. The molecule has 0 bridgehead atoms. The van der Waals surface area contributed by atoms with Crippen molar-refractivity contribution in [3.63, 3.8) is 0 Å². The van der Waals surface area contributed by atoms with Crippen LogP contribution in [0.1, 0.15) is 24.2 Å². The van der Waals surface area contributed by atoms with Gasteiger partial charge >= 0.3 is 0 Å². The third-order valence-electron chi connectivity index (χ3n) is 7.06. The lowest BCUT2D eigenvalue weighted by Gasteiger charge is -2.18. The lowest BCUT2D eigenvalue weighted by molar-refractivity contribution is 0.146. The van der Waals surface area contributed by atoms with E-state index in [-0.39, 0.29) is 30.6 Å². The van der Waals surface area contributed by atoms with Gasteiger partial charge in [0.15, 0.2) is 0 Å². The maximum Gasteiger partial charge on any atom is 0.137 e. The van der Waals surface area contributed by atoms with Crippen molar-refractivity contribution in [2.75, 3.05) is 20.3 Å². The number of methoxy groups -OCH3 is 1. The van der Waals surface area contributed by atoms with Gasteiger partial charge in [0.2, 0.25) is 0 Å². The minimum atomic E-state index is -0.764. The van der Waals surface area contributed by atoms with Crippen molar-refractivity contribution in [1.82, 2.24) is 25.0 Å². The van der Waals surface area contributed by atoms with E-state index in [9.17, 15) is 4.39 Å². The number of nitrogens with one attached hydrogen (secondary N) is 1. The van der Waals surface area contributed by atoms with Gasteiger partial charge in [-0.2, -0.15) is 10.2 Å². The molecule has 0 aliphatic rings. The Balaban J connectivity index is 1.69. The second-order valence-corrected chi connectivity index (χ2v) is 10.8. The fraction of sp³-hybridized carbons (Fsp3) is 0.233. The highest BCUT2D eigenvalue weighted by atomic mass is 32.1. The van der Waals surface area contributed by atoms with Crippen LogP contribution in [0.4, 0.5) is 8.78 Å². The summed E-state index contributed by atoms with van der Waals surface area (Å²) in [6.07, 6.45) is 1.81. The normalized spacial score (nSPS) is 12.5. The molecule has 1 atom stereocenters. The quantitative estimate of drug-likeness (QED) is 0.200. The summed E-state index contributed by atoms with van der Waals surface area (Å²) in [5, 5.41) is 15.6. The molecule has 0 aliphatic heterocycles. The first kappa shape index (κ1) is 27.0. The summed E-state index contributed by atoms with van der Waals surface area (Å²) >= 11 is 1.52. The number of aromatic nitrogens is 5. The number of benzene rings is 2. The zero-order valence-corrected chi connectivity index (χ0v) is 23.8. The summed E-state index contributed by atoms with van der Waals surface area (Å²) in [6.45, 7) is 4.17. The lowest BCUT2D eigenvalue weighted by Crippen LogP contribution is -2.07. The Bertz CT molecular complexity index is 1910. The average Bonchev–Trinajstić information content (AvgIpc) is 3.68. The summed E-state index contributed by atoms with van der Waals surface area (Å²) in [6, 6.07) is 9.59. The molecule has 4 heterocycles. The number of thiophene rings is 1. The highest BCUT2D eigenvalue weighted by Crippen LogP contribution is 2.48. The Labute approximate surface area is 238 Å². The first-order chi connectivity index (χ1) is 19.8. The van der Waals surface area contributed by atoms with Gasteiger partial charge in [-0.1, -0.05) is 6.07 Å². The standard InChI is InChI=1S/C30H28F2N6O2S/c1-15-14-41-30-25(15)27(26-20(32)10-19(31)11-24(26)40-8-7-39-4)29(22-12-21(16(2)33)36-37-22)35-28(30)17-5-6-23-18(9-17)13-34-38(23)3/h5-6,9-14,16H,7-8,33H2,1-4H3,(H,36,37)/t16-/m1/s1. The summed E-state index contributed by atoms with van der Waals surface area (Å²) in [7, 11) is 3.43. The van der Waals surface area contributed by atoms with Gasteiger partial charge in [-0.3, -0.25) is 9.78 Å². The third kappa shape index (κ3) is 4.75. The van der Waals surface area contributed by atoms with Crippen LogP contribution in [0.15, 0.2) is 48.0 Å². The van der Waals surface area contributed by atoms with Crippen molar-refractivity contribution >= 4 is 32.3 Å². The van der Waals surface area contributed by atoms with E-state index < -0.39 is 11.6 Å². The number of ether oxygens (including phenoxy) is 2. The number of hydrogen-bond acceptors (Lipinski definition) is 7. The summed E-state index contributed by atoms with van der Waals surface area (Å²) < 4.78 is 44.0. The van der Waals surface area contributed by atoms with Gasteiger partial charge < -0.3 is 15.2 Å². The van der Waals surface area contributed by atoms with Crippen molar-refractivity contribution in [2.24, 2.45) is 12.8 Å². The average molecular weight is 575 g/mol. The molecule has 11 heteroatoms. The molecule has 0 fully saturated rings. The number of H-pyrrole nitrogens is 1. The van der Waals surface area contributed by atoms with Crippen LogP contribution in [0.2, 0.25) is 0 Å². The van der Waals surface area contributed by atoms with Crippen LogP contribution in [-0.4, -0.2) is 45.3 Å². The molecule has 4 aromatic heterocycles. The molecule has 210 valence electrons. The SMILES string of the molecule is COCCOc1cc(F)cc(F)c1-c1c(-c2cc([C@@H](C)N)[nH]n2)nc(-c2ccc3c(cnn3C)c2)c2scc(C)c12. The van der Waals surface area contributed by atoms with E-state index in [0.29, 0.717) is 22.6 Å². The van der Waals surface area contributed by atoms with Crippen molar-refractivity contribution in [3.05, 3.63) is 70.9 Å². The number of aryl methyl sites for hydroxylation is 2. The highest BCUT2D eigenvalue weighted by Gasteiger charge is 2.27. The molecule has 0 aliphatic carbocycles. The molecule has 41 heavy (non-hydrogen) atoms. The topological polar surface area (TPSA) is 104 Å². The molecule has 8 nitrogen and oxygen atoms in total. The number of nitrogens with two attached hydrogens (primary N) is 1. The van der Waals surface area contributed by atoms with E-state index in [1.54, 1.807) is 0 Å². The summed E-state index contributed by atoms with van der Waals surface area (Å²) in [5.41, 5.74) is 11.8. The Morgan fingerprint density at radius 1 is 1.10 bits per heavy atom. The Morgan fingerprint density at radius 3 is 2.68 bits per heavy atom. The van der Waals surface area contributed by atoms with Crippen molar-refractivity contribution < 1.29 is 18.3 Å². The van der Waals surface area contributed by atoms with E-state index >= 15 is 4.39 Å². The number of halogens is 2. The van der Waals surface area contributed by atoms with E-state index in [4.69, 9.17) is 20.2 Å². The zero-order valence-electron chi connectivity index (χ0n) is 23.0. The van der Waals surface area contributed by atoms with Gasteiger partial charge in [-0.15, -0.1) is 11.3 Å². The fourth-order valence-corrected chi connectivity index (χ4v) is 6.10. The van der Waals surface area contributed by atoms with Gasteiger partial charge in [0.25, 0.3) is 0 Å². The lowest BCUT2D eigenvalue weighted by atomic mass is 9.93. The minimum absolute atomic E-state index is 0.0574. The van der Waals surface area contributed by atoms with E-state index in [1.807, 2.05) is 61.4 Å². The minimum Gasteiger partial charge on any atom is -0.490 e. The summed E-state index contributed by atoms with van der Waals surface area (Å²) in [4.78, 5) is 5.14. The van der Waals surface area contributed by atoms with Crippen LogP contribution < -0.4 is 10.5 Å². The summed E-state index contributed by atoms with van der Waals surface area (Å²) in [5.74, 6) is -1.45. The molecule has 2 aromatic carbocycles. The van der Waals surface area contributed by atoms with Gasteiger partial charge in [-0.05, 0) is 43.0 Å². The molecule has 0 saturated heterocycles.